The van der Waals surface area contributed by atoms with E-state index < -0.39 is 18.0 Å². The van der Waals surface area contributed by atoms with Crippen molar-refractivity contribution in [2.45, 2.75) is 12.5 Å². The summed E-state index contributed by atoms with van der Waals surface area (Å²) in [4.78, 5) is 25.9. The van der Waals surface area contributed by atoms with Gasteiger partial charge in [-0.15, -0.1) is 10.2 Å². The van der Waals surface area contributed by atoms with Gasteiger partial charge in [-0.05, 0) is 42.0 Å². The number of benzene rings is 3. The first-order valence-corrected chi connectivity index (χ1v) is 12.6. The predicted octanol–water partition coefficient (Wildman–Crippen LogP) is 5.61. The minimum atomic E-state index is -0.900. The largest absolute Gasteiger partial charge is 0.454 e. The maximum absolute atomic E-state index is 13.2. The third-order valence-electron chi connectivity index (χ3n) is 5.36. The zero-order valence-corrected chi connectivity index (χ0v) is 21.4. The summed E-state index contributed by atoms with van der Waals surface area (Å²) in [5.74, 6) is 0.843. The highest BCUT2D eigenvalue weighted by Gasteiger charge is 2.23. The van der Waals surface area contributed by atoms with Gasteiger partial charge in [0.2, 0.25) is 17.8 Å². The Labute approximate surface area is 225 Å². The average molecular weight is 556 g/mol. The SMILES string of the molecule is O=C(Nc1ccc(Cl)c(Cl)c1)N[C@H](Cc1ccccc1)C(=O)Nc1nnc(-c2ccc3c(c2)OCO3)s1. The Morgan fingerprint density at radius 1 is 0.919 bits per heavy atom. The van der Waals surface area contributed by atoms with Gasteiger partial charge in [0.1, 0.15) is 11.0 Å². The molecule has 1 aliphatic rings. The Morgan fingerprint density at radius 2 is 1.73 bits per heavy atom. The summed E-state index contributed by atoms with van der Waals surface area (Å²) in [6.07, 6.45) is 0.259. The molecule has 4 aromatic rings. The number of hydrogen-bond acceptors (Lipinski definition) is 7. The number of fused-ring (bicyclic) bond motifs is 1. The van der Waals surface area contributed by atoms with E-state index >= 15 is 0 Å². The normalized spacial score (nSPS) is 12.6. The second-order valence-electron chi connectivity index (χ2n) is 7.94. The van der Waals surface area contributed by atoms with Gasteiger partial charge in [-0.2, -0.15) is 0 Å². The van der Waals surface area contributed by atoms with Crippen molar-refractivity contribution in [3.05, 3.63) is 82.3 Å². The van der Waals surface area contributed by atoms with Crippen molar-refractivity contribution in [1.29, 1.82) is 0 Å². The predicted molar refractivity (Wildman–Crippen MR) is 143 cm³/mol. The van der Waals surface area contributed by atoms with E-state index in [0.29, 0.717) is 37.4 Å². The second kappa shape index (κ2) is 11.0. The van der Waals surface area contributed by atoms with Crippen molar-refractivity contribution in [1.82, 2.24) is 15.5 Å². The van der Waals surface area contributed by atoms with Crippen LogP contribution in [0.5, 0.6) is 11.5 Å². The van der Waals surface area contributed by atoms with Crippen LogP contribution in [0.25, 0.3) is 10.6 Å². The Hall–Kier alpha value is -3.86. The van der Waals surface area contributed by atoms with Crippen molar-refractivity contribution >= 4 is 57.3 Å². The molecule has 3 N–H and O–H groups in total. The van der Waals surface area contributed by atoms with Gasteiger partial charge in [0, 0.05) is 17.7 Å². The van der Waals surface area contributed by atoms with Crippen LogP contribution in [0.1, 0.15) is 5.56 Å². The number of carbonyl (C=O) groups excluding carboxylic acids is 2. The summed E-state index contributed by atoms with van der Waals surface area (Å²) in [7, 11) is 0. The molecule has 188 valence electrons. The minimum Gasteiger partial charge on any atom is -0.454 e. The Bertz CT molecular complexity index is 1450. The van der Waals surface area contributed by atoms with Crippen LogP contribution < -0.4 is 25.4 Å². The standard InChI is InChI=1S/C25H19Cl2N5O4S/c26-17-8-7-16(12-18(17)27)28-24(34)29-19(10-14-4-2-1-3-5-14)22(33)30-25-32-31-23(37-25)15-6-9-20-21(11-15)36-13-35-20/h1-9,11-12,19H,10,13H2,(H2,28,29,34)(H,30,32,33)/t19-/m1/s1. The Kier molecular flexibility index (Phi) is 7.40. The molecule has 3 aromatic carbocycles. The van der Waals surface area contributed by atoms with Gasteiger partial charge < -0.3 is 20.1 Å². The van der Waals surface area contributed by atoms with Crippen molar-refractivity contribution in [2.24, 2.45) is 0 Å². The Morgan fingerprint density at radius 3 is 2.54 bits per heavy atom. The van der Waals surface area contributed by atoms with Crippen LogP contribution in [0.15, 0.2) is 66.7 Å². The lowest BCUT2D eigenvalue weighted by Crippen LogP contribution is -2.46. The number of hydrogen-bond donors (Lipinski definition) is 3. The summed E-state index contributed by atoms with van der Waals surface area (Å²) < 4.78 is 10.8. The van der Waals surface area contributed by atoms with Gasteiger partial charge in [0.25, 0.3) is 0 Å². The second-order valence-corrected chi connectivity index (χ2v) is 9.73. The number of rotatable bonds is 7. The molecule has 0 radical (unpaired) electrons. The first-order valence-electron chi connectivity index (χ1n) is 11.1. The molecule has 0 bridgehead atoms. The number of nitrogens with one attached hydrogen (secondary N) is 3. The molecule has 12 heteroatoms. The molecule has 3 amide bonds. The van der Waals surface area contributed by atoms with Crippen molar-refractivity contribution in [3.8, 4) is 22.1 Å². The van der Waals surface area contributed by atoms with Crippen LogP contribution in [0.3, 0.4) is 0 Å². The van der Waals surface area contributed by atoms with Crippen molar-refractivity contribution in [3.63, 3.8) is 0 Å². The van der Waals surface area contributed by atoms with Crippen molar-refractivity contribution < 1.29 is 19.1 Å². The van der Waals surface area contributed by atoms with Gasteiger partial charge in [-0.3, -0.25) is 10.1 Å². The highest BCUT2D eigenvalue weighted by atomic mass is 35.5. The maximum atomic E-state index is 13.2. The van der Waals surface area contributed by atoms with E-state index in [-0.39, 0.29) is 13.2 Å². The quantitative estimate of drug-likeness (QED) is 0.273. The van der Waals surface area contributed by atoms with Crippen LogP contribution in [0.2, 0.25) is 10.0 Å². The molecule has 0 saturated heterocycles. The molecule has 1 aromatic heterocycles. The van der Waals surface area contributed by atoms with E-state index in [2.05, 4.69) is 26.1 Å². The lowest BCUT2D eigenvalue weighted by molar-refractivity contribution is -0.117. The van der Waals surface area contributed by atoms with E-state index in [1.54, 1.807) is 18.2 Å². The number of urea groups is 1. The van der Waals surface area contributed by atoms with E-state index in [1.807, 2.05) is 42.5 Å². The van der Waals surface area contributed by atoms with Gasteiger partial charge in [0.05, 0.1) is 10.0 Å². The molecule has 37 heavy (non-hydrogen) atoms. The van der Waals surface area contributed by atoms with E-state index in [4.69, 9.17) is 32.7 Å². The zero-order valence-electron chi connectivity index (χ0n) is 19.0. The summed E-state index contributed by atoms with van der Waals surface area (Å²) in [5.41, 5.74) is 2.08. The van der Waals surface area contributed by atoms with Crippen molar-refractivity contribution in [2.75, 3.05) is 17.4 Å². The van der Waals surface area contributed by atoms with Crippen LogP contribution in [-0.4, -0.2) is 35.0 Å². The van der Waals surface area contributed by atoms with Gasteiger partial charge >= 0.3 is 6.03 Å². The molecule has 5 rings (SSSR count). The summed E-state index contributed by atoms with van der Waals surface area (Å²) in [6, 6.07) is 18.0. The summed E-state index contributed by atoms with van der Waals surface area (Å²) >= 11 is 13.2. The molecule has 0 spiro atoms. The number of nitrogens with zero attached hydrogens (tertiary/aromatic N) is 2. The fraction of sp³-hybridized carbons (Fsp3) is 0.120. The Balaban J connectivity index is 1.29. The number of carbonyl (C=O) groups is 2. The molecule has 9 nitrogen and oxygen atoms in total. The van der Waals surface area contributed by atoms with Gasteiger partial charge in [-0.1, -0.05) is 64.9 Å². The molecular weight excluding hydrogens is 537 g/mol. The van der Waals surface area contributed by atoms with E-state index in [1.165, 1.54) is 17.4 Å². The maximum Gasteiger partial charge on any atom is 0.319 e. The smallest absolute Gasteiger partial charge is 0.319 e. The first kappa shape index (κ1) is 24.8. The fourth-order valence-electron chi connectivity index (χ4n) is 3.57. The zero-order chi connectivity index (χ0) is 25.8. The van der Waals surface area contributed by atoms with Gasteiger partial charge in [0.15, 0.2) is 11.5 Å². The van der Waals surface area contributed by atoms with Crippen LogP contribution >= 0.6 is 34.5 Å². The third-order valence-corrected chi connectivity index (χ3v) is 6.98. The highest BCUT2D eigenvalue weighted by molar-refractivity contribution is 7.18. The molecule has 1 aliphatic heterocycles. The summed E-state index contributed by atoms with van der Waals surface area (Å²) in [6.45, 7) is 0.171. The lowest BCUT2D eigenvalue weighted by atomic mass is 10.1. The minimum absolute atomic E-state index is 0.171. The van der Waals surface area contributed by atoms with Crippen LogP contribution in [-0.2, 0) is 11.2 Å². The van der Waals surface area contributed by atoms with Crippen LogP contribution in [0.4, 0.5) is 15.6 Å². The monoisotopic (exact) mass is 555 g/mol. The fourth-order valence-corrected chi connectivity index (χ4v) is 4.61. The molecule has 0 aliphatic carbocycles. The highest BCUT2D eigenvalue weighted by Crippen LogP contribution is 2.37. The molecular formula is C25H19Cl2N5O4S. The topological polar surface area (TPSA) is 114 Å². The molecule has 1 atom stereocenters. The molecule has 0 fully saturated rings. The lowest BCUT2D eigenvalue weighted by Gasteiger charge is -2.18. The number of aromatic nitrogens is 2. The van der Waals surface area contributed by atoms with Crippen LogP contribution in [0, 0.1) is 0 Å². The number of halogens is 2. The molecule has 0 saturated carbocycles. The van der Waals surface area contributed by atoms with E-state index in [9.17, 15) is 9.59 Å². The first-order chi connectivity index (χ1) is 17.9. The molecule has 2 heterocycles. The number of ether oxygens (including phenoxy) is 2. The number of anilines is 2. The summed E-state index contributed by atoms with van der Waals surface area (Å²) in [5, 5.41) is 18.0. The van der Waals surface area contributed by atoms with E-state index in [0.717, 1.165) is 11.1 Å². The number of amides is 3. The third kappa shape index (κ3) is 6.11. The molecule has 0 unspecified atom stereocenters. The van der Waals surface area contributed by atoms with Gasteiger partial charge in [-0.25, -0.2) is 4.79 Å². The average Bonchev–Trinajstić information content (AvgIpc) is 3.55.